The van der Waals surface area contributed by atoms with Crippen molar-refractivity contribution in [1.29, 1.82) is 0 Å². The minimum absolute atomic E-state index is 0.00902. The van der Waals surface area contributed by atoms with Crippen molar-refractivity contribution in [1.82, 2.24) is 5.32 Å². The van der Waals surface area contributed by atoms with Crippen LogP contribution in [0.15, 0.2) is 0 Å². The number of nitrogens with one attached hydrogen (secondary N) is 1. The zero-order chi connectivity index (χ0) is 13.5. The van der Waals surface area contributed by atoms with E-state index in [1.807, 2.05) is 6.92 Å². The predicted octanol–water partition coefficient (Wildman–Crippen LogP) is 1.57. The van der Waals surface area contributed by atoms with Crippen molar-refractivity contribution in [3.8, 4) is 0 Å². The van der Waals surface area contributed by atoms with Crippen LogP contribution in [0.4, 0.5) is 0 Å². The lowest BCUT2D eigenvalue weighted by Gasteiger charge is -2.31. The molecule has 0 aromatic carbocycles. The molecule has 0 aliphatic rings. The summed E-state index contributed by atoms with van der Waals surface area (Å²) < 4.78 is 5.00. The normalized spacial score (nSPS) is 15.4. The predicted molar refractivity (Wildman–Crippen MR) is 68.7 cm³/mol. The van der Waals surface area contributed by atoms with Gasteiger partial charge in [-0.15, -0.1) is 0 Å². The highest BCUT2D eigenvalue weighted by molar-refractivity contribution is 5.76. The number of hydrogen-bond donors (Lipinski definition) is 2. The number of rotatable bonds is 7. The van der Waals surface area contributed by atoms with E-state index in [0.29, 0.717) is 19.4 Å². The molecule has 0 bridgehead atoms. The van der Waals surface area contributed by atoms with Crippen molar-refractivity contribution in [3.63, 3.8) is 0 Å². The van der Waals surface area contributed by atoms with Gasteiger partial charge in [0.2, 0.25) is 5.91 Å². The highest BCUT2D eigenvalue weighted by Gasteiger charge is 2.25. The topological polar surface area (TPSA) is 58.6 Å². The second kappa shape index (κ2) is 7.67. The van der Waals surface area contributed by atoms with Crippen LogP contribution in [0.3, 0.4) is 0 Å². The molecule has 1 amide bonds. The zero-order valence-electron chi connectivity index (χ0n) is 11.7. The van der Waals surface area contributed by atoms with Crippen molar-refractivity contribution in [2.45, 2.75) is 46.6 Å². The Labute approximate surface area is 105 Å². The van der Waals surface area contributed by atoms with Crippen molar-refractivity contribution in [2.24, 2.45) is 11.3 Å². The number of carbonyl (C=O) groups is 1. The Balaban J connectivity index is 4.22. The van der Waals surface area contributed by atoms with Crippen LogP contribution >= 0.6 is 0 Å². The summed E-state index contributed by atoms with van der Waals surface area (Å²) in [5.74, 6) is 0.248. The maximum Gasteiger partial charge on any atom is 0.220 e. The summed E-state index contributed by atoms with van der Waals surface area (Å²) in [6.45, 7) is 8.86. The molecule has 2 unspecified atom stereocenters. The molecule has 0 fully saturated rings. The lowest BCUT2D eigenvalue weighted by Crippen LogP contribution is -2.44. The molecule has 0 heterocycles. The van der Waals surface area contributed by atoms with E-state index in [0.717, 1.165) is 0 Å². The fourth-order valence-electron chi connectivity index (χ4n) is 1.76. The smallest absolute Gasteiger partial charge is 0.220 e. The van der Waals surface area contributed by atoms with Gasteiger partial charge in [-0.1, -0.05) is 27.7 Å². The lowest BCUT2D eigenvalue weighted by atomic mass is 9.84. The molecule has 0 saturated heterocycles. The minimum Gasteiger partial charge on any atom is -0.396 e. The van der Waals surface area contributed by atoms with Gasteiger partial charge in [-0.3, -0.25) is 4.79 Å². The third-order valence-corrected chi connectivity index (χ3v) is 2.78. The van der Waals surface area contributed by atoms with E-state index in [-0.39, 0.29) is 29.9 Å². The molecule has 17 heavy (non-hydrogen) atoms. The van der Waals surface area contributed by atoms with Gasteiger partial charge < -0.3 is 15.2 Å². The average molecular weight is 245 g/mol. The number of hydrogen-bond acceptors (Lipinski definition) is 3. The van der Waals surface area contributed by atoms with E-state index >= 15 is 0 Å². The molecule has 0 aliphatic heterocycles. The molecular formula is C13H27NO3. The Morgan fingerprint density at radius 2 is 2.00 bits per heavy atom. The zero-order valence-corrected chi connectivity index (χ0v) is 11.7. The van der Waals surface area contributed by atoms with Crippen LogP contribution in [0.25, 0.3) is 0 Å². The van der Waals surface area contributed by atoms with Gasteiger partial charge in [0.25, 0.3) is 0 Å². The molecule has 2 N–H and O–H groups in total. The summed E-state index contributed by atoms with van der Waals surface area (Å²) in [5, 5.41) is 12.0. The van der Waals surface area contributed by atoms with Gasteiger partial charge in [-0.2, -0.15) is 0 Å². The van der Waals surface area contributed by atoms with Gasteiger partial charge in [0.05, 0.1) is 0 Å². The van der Waals surface area contributed by atoms with Gasteiger partial charge in [-0.05, 0) is 17.8 Å². The maximum atomic E-state index is 11.8. The molecule has 102 valence electrons. The standard InChI is InChI=1S/C13H27NO3/c1-10(9-17-5)8-12(16)14-11(6-7-15)13(2,3)4/h10-11,15H,6-9H2,1-5H3,(H,14,16). The Kier molecular flexibility index (Phi) is 7.39. The van der Waals surface area contributed by atoms with Crippen molar-refractivity contribution in [2.75, 3.05) is 20.3 Å². The first kappa shape index (κ1) is 16.4. The van der Waals surface area contributed by atoms with Crippen LogP contribution in [0.5, 0.6) is 0 Å². The number of aliphatic hydroxyl groups excluding tert-OH is 1. The third kappa shape index (κ3) is 7.34. The van der Waals surface area contributed by atoms with Crippen molar-refractivity contribution in [3.05, 3.63) is 0 Å². The summed E-state index contributed by atoms with van der Waals surface area (Å²) in [6, 6.07) is 0.00902. The van der Waals surface area contributed by atoms with Crippen LogP contribution in [0, 0.1) is 11.3 Å². The van der Waals surface area contributed by atoms with Crippen LogP contribution < -0.4 is 5.32 Å². The van der Waals surface area contributed by atoms with Crippen LogP contribution in [0.2, 0.25) is 0 Å². The van der Waals surface area contributed by atoms with Crippen molar-refractivity contribution >= 4 is 5.91 Å². The third-order valence-electron chi connectivity index (χ3n) is 2.78. The van der Waals surface area contributed by atoms with Gasteiger partial charge in [0, 0.05) is 32.8 Å². The number of aliphatic hydroxyl groups is 1. The number of methoxy groups -OCH3 is 1. The van der Waals surface area contributed by atoms with E-state index in [1.54, 1.807) is 7.11 Å². The van der Waals surface area contributed by atoms with E-state index in [1.165, 1.54) is 0 Å². The Morgan fingerprint density at radius 3 is 2.41 bits per heavy atom. The summed E-state index contributed by atoms with van der Waals surface area (Å²) in [4.78, 5) is 11.8. The SMILES string of the molecule is COCC(C)CC(=O)NC(CCO)C(C)(C)C. The monoisotopic (exact) mass is 245 g/mol. The van der Waals surface area contributed by atoms with E-state index in [9.17, 15) is 4.79 Å². The van der Waals surface area contributed by atoms with E-state index < -0.39 is 0 Å². The van der Waals surface area contributed by atoms with Crippen LogP contribution in [-0.4, -0.2) is 37.4 Å². The second-order valence-electron chi connectivity index (χ2n) is 5.76. The largest absolute Gasteiger partial charge is 0.396 e. The molecule has 0 saturated carbocycles. The fraction of sp³-hybridized carbons (Fsp3) is 0.923. The first-order valence-electron chi connectivity index (χ1n) is 6.20. The molecule has 0 aliphatic carbocycles. The second-order valence-corrected chi connectivity index (χ2v) is 5.76. The summed E-state index contributed by atoms with van der Waals surface area (Å²) in [7, 11) is 1.64. The molecule has 0 spiro atoms. The molecule has 2 atom stereocenters. The summed E-state index contributed by atoms with van der Waals surface area (Å²) in [6.07, 6.45) is 1.06. The van der Waals surface area contributed by atoms with Gasteiger partial charge in [0.1, 0.15) is 0 Å². The van der Waals surface area contributed by atoms with Gasteiger partial charge in [-0.25, -0.2) is 0 Å². The molecule has 4 heteroatoms. The van der Waals surface area contributed by atoms with Crippen LogP contribution in [-0.2, 0) is 9.53 Å². The van der Waals surface area contributed by atoms with Crippen LogP contribution in [0.1, 0.15) is 40.5 Å². The maximum absolute atomic E-state index is 11.8. The van der Waals surface area contributed by atoms with E-state index in [2.05, 4.69) is 26.1 Å². The van der Waals surface area contributed by atoms with Crippen molar-refractivity contribution < 1.29 is 14.6 Å². The number of carbonyl (C=O) groups excluding carboxylic acids is 1. The Morgan fingerprint density at radius 1 is 1.41 bits per heavy atom. The highest BCUT2D eigenvalue weighted by Crippen LogP contribution is 2.21. The quantitative estimate of drug-likeness (QED) is 0.716. The lowest BCUT2D eigenvalue weighted by molar-refractivity contribution is -0.123. The summed E-state index contributed by atoms with van der Waals surface area (Å²) >= 11 is 0. The molecular weight excluding hydrogens is 218 g/mol. The molecule has 4 nitrogen and oxygen atoms in total. The van der Waals surface area contributed by atoms with Gasteiger partial charge in [0.15, 0.2) is 0 Å². The Bertz CT molecular complexity index is 223. The molecule has 0 rings (SSSR count). The van der Waals surface area contributed by atoms with E-state index in [4.69, 9.17) is 9.84 Å². The Hall–Kier alpha value is -0.610. The number of ether oxygens (including phenoxy) is 1. The first-order chi connectivity index (χ1) is 7.81. The average Bonchev–Trinajstić information content (AvgIpc) is 2.15. The summed E-state index contributed by atoms with van der Waals surface area (Å²) in [5.41, 5.74) is -0.0388. The number of amides is 1. The molecule has 0 aromatic heterocycles. The molecule has 0 aromatic rings. The minimum atomic E-state index is -0.0388. The fourth-order valence-corrected chi connectivity index (χ4v) is 1.76. The highest BCUT2D eigenvalue weighted by atomic mass is 16.5. The molecule has 0 radical (unpaired) electrons. The first-order valence-corrected chi connectivity index (χ1v) is 6.20. The van der Waals surface area contributed by atoms with Gasteiger partial charge >= 0.3 is 0 Å².